The summed E-state index contributed by atoms with van der Waals surface area (Å²) in [4.78, 5) is 30.7. The van der Waals surface area contributed by atoms with Gasteiger partial charge in [-0.25, -0.2) is 0 Å². The van der Waals surface area contributed by atoms with Gasteiger partial charge in [0.1, 0.15) is 6.04 Å². The van der Waals surface area contributed by atoms with E-state index in [9.17, 15) is 9.59 Å². The van der Waals surface area contributed by atoms with Crippen LogP contribution in [0.3, 0.4) is 0 Å². The molecule has 1 heterocycles. The second kappa shape index (κ2) is 13.6. The van der Waals surface area contributed by atoms with Gasteiger partial charge in [-0.3, -0.25) is 14.5 Å². The molecule has 0 radical (unpaired) electrons. The van der Waals surface area contributed by atoms with Crippen LogP contribution < -0.4 is 15.5 Å². The normalized spacial score (nSPS) is 14.7. The topological polar surface area (TPSA) is 64.7 Å². The Morgan fingerprint density at radius 2 is 1.54 bits per heavy atom. The lowest BCUT2D eigenvalue weighted by atomic mass is 10.0. The fraction of sp³-hybridized carbons (Fsp3) is 0.355. The number of unbranched alkanes of at least 4 members (excludes halogenated alkanes) is 1. The van der Waals surface area contributed by atoms with E-state index < -0.39 is 6.04 Å². The zero-order valence-electron chi connectivity index (χ0n) is 21.7. The van der Waals surface area contributed by atoms with Gasteiger partial charge in [-0.15, -0.1) is 0 Å². The number of nitrogens with one attached hydrogen (secondary N) is 2. The van der Waals surface area contributed by atoms with Gasteiger partial charge in [-0.1, -0.05) is 60.7 Å². The predicted octanol–water partition coefficient (Wildman–Crippen LogP) is 4.05. The number of hydrogen-bond acceptors (Lipinski definition) is 4. The molecule has 3 aromatic rings. The van der Waals surface area contributed by atoms with E-state index in [1.54, 1.807) is 12.1 Å². The van der Waals surface area contributed by atoms with Crippen molar-refractivity contribution in [1.82, 2.24) is 15.5 Å². The highest BCUT2D eigenvalue weighted by atomic mass is 16.2. The van der Waals surface area contributed by atoms with Gasteiger partial charge in [-0.2, -0.15) is 0 Å². The molecule has 0 aliphatic carbocycles. The predicted molar refractivity (Wildman–Crippen MR) is 150 cm³/mol. The summed E-state index contributed by atoms with van der Waals surface area (Å²) in [6.45, 7) is 7.99. The van der Waals surface area contributed by atoms with E-state index in [4.69, 9.17) is 0 Å². The molecule has 37 heavy (non-hydrogen) atoms. The minimum absolute atomic E-state index is 0.139. The van der Waals surface area contributed by atoms with Crippen molar-refractivity contribution in [2.45, 2.75) is 32.2 Å². The summed E-state index contributed by atoms with van der Waals surface area (Å²) in [6, 6.07) is 26.9. The van der Waals surface area contributed by atoms with Crippen molar-refractivity contribution in [2.75, 3.05) is 44.2 Å². The first kappa shape index (κ1) is 26.4. The van der Waals surface area contributed by atoms with Gasteiger partial charge in [0.25, 0.3) is 5.91 Å². The molecule has 6 nitrogen and oxygen atoms in total. The van der Waals surface area contributed by atoms with E-state index in [0.717, 1.165) is 51.1 Å². The van der Waals surface area contributed by atoms with Crippen LogP contribution in [0.4, 0.5) is 5.69 Å². The fourth-order valence-corrected chi connectivity index (χ4v) is 4.74. The van der Waals surface area contributed by atoms with Crippen LogP contribution in [0, 0.1) is 6.92 Å². The first-order valence-electron chi connectivity index (χ1n) is 13.3. The molecule has 2 amide bonds. The van der Waals surface area contributed by atoms with E-state index in [0.29, 0.717) is 18.5 Å². The highest BCUT2D eigenvalue weighted by Gasteiger charge is 2.22. The standard InChI is InChI=1S/C31H38N4O2/c1-25-11-10-16-28(23-25)35-21-19-34(20-22-35)18-9-8-17-32-31(37)29(24-26-12-4-2-5-13-26)33-30(36)27-14-6-3-7-15-27/h2-7,10-16,23,29H,8-9,17-22,24H2,1H3,(H,32,37)(H,33,36). The van der Waals surface area contributed by atoms with E-state index in [1.807, 2.05) is 48.5 Å². The van der Waals surface area contributed by atoms with E-state index >= 15 is 0 Å². The van der Waals surface area contributed by atoms with Gasteiger partial charge < -0.3 is 15.5 Å². The van der Waals surface area contributed by atoms with Gasteiger partial charge >= 0.3 is 0 Å². The zero-order chi connectivity index (χ0) is 25.9. The quantitative estimate of drug-likeness (QED) is 0.392. The molecule has 1 atom stereocenters. The Morgan fingerprint density at radius 1 is 0.838 bits per heavy atom. The van der Waals surface area contributed by atoms with Crippen molar-refractivity contribution in [2.24, 2.45) is 0 Å². The van der Waals surface area contributed by atoms with Crippen molar-refractivity contribution >= 4 is 17.5 Å². The Hall–Kier alpha value is -3.64. The monoisotopic (exact) mass is 498 g/mol. The molecule has 0 saturated carbocycles. The number of carbonyl (C=O) groups is 2. The van der Waals surface area contributed by atoms with E-state index in [1.165, 1.54) is 11.3 Å². The molecule has 0 bridgehead atoms. The maximum absolute atomic E-state index is 13.0. The van der Waals surface area contributed by atoms with Gasteiger partial charge in [0.15, 0.2) is 0 Å². The number of anilines is 1. The molecule has 1 fully saturated rings. The fourth-order valence-electron chi connectivity index (χ4n) is 4.74. The smallest absolute Gasteiger partial charge is 0.251 e. The largest absolute Gasteiger partial charge is 0.369 e. The molecule has 3 aromatic carbocycles. The molecule has 6 heteroatoms. The number of benzene rings is 3. The van der Waals surface area contributed by atoms with E-state index in [2.05, 4.69) is 51.6 Å². The molecule has 0 aromatic heterocycles. The molecule has 1 saturated heterocycles. The first-order valence-corrected chi connectivity index (χ1v) is 13.3. The lowest BCUT2D eigenvalue weighted by Crippen LogP contribution is -2.48. The van der Waals surface area contributed by atoms with Crippen LogP contribution in [0.15, 0.2) is 84.9 Å². The minimum Gasteiger partial charge on any atom is -0.369 e. The number of rotatable bonds is 11. The molecule has 1 aliphatic heterocycles. The van der Waals surface area contributed by atoms with Gasteiger partial charge in [0, 0.05) is 50.4 Å². The maximum Gasteiger partial charge on any atom is 0.251 e. The van der Waals surface area contributed by atoms with Crippen molar-refractivity contribution in [3.8, 4) is 0 Å². The number of piperazine rings is 1. The average Bonchev–Trinajstić information content (AvgIpc) is 2.94. The molecule has 194 valence electrons. The average molecular weight is 499 g/mol. The molecule has 1 aliphatic rings. The van der Waals surface area contributed by atoms with Crippen molar-refractivity contribution in [3.05, 3.63) is 102 Å². The Morgan fingerprint density at radius 3 is 2.24 bits per heavy atom. The third-order valence-corrected chi connectivity index (χ3v) is 6.88. The molecule has 4 rings (SSSR count). The number of amides is 2. The number of hydrogen-bond donors (Lipinski definition) is 2. The van der Waals surface area contributed by atoms with Crippen molar-refractivity contribution in [3.63, 3.8) is 0 Å². The highest BCUT2D eigenvalue weighted by molar-refractivity contribution is 5.97. The molecule has 1 unspecified atom stereocenters. The number of carbonyl (C=O) groups excluding carboxylic acids is 2. The zero-order valence-corrected chi connectivity index (χ0v) is 21.7. The third-order valence-electron chi connectivity index (χ3n) is 6.88. The molecular weight excluding hydrogens is 460 g/mol. The molecule has 2 N–H and O–H groups in total. The molecule has 0 spiro atoms. The lowest BCUT2D eigenvalue weighted by molar-refractivity contribution is -0.122. The number of nitrogens with zero attached hydrogens (tertiary/aromatic N) is 2. The van der Waals surface area contributed by atoms with Crippen LogP contribution in [0.5, 0.6) is 0 Å². The summed E-state index contributed by atoms with van der Waals surface area (Å²) in [7, 11) is 0. The SMILES string of the molecule is Cc1cccc(N2CCN(CCCCNC(=O)C(Cc3ccccc3)NC(=O)c3ccccc3)CC2)c1. The van der Waals surface area contributed by atoms with Crippen molar-refractivity contribution < 1.29 is 9.59 Å². The summed E-state index contributed by atoms with van der Waals surface area (Å²) in [5, 5.41) is 5.98. The molecular formula is C31H38N4O2. The second-order valence-electron chi connectivity index (χ2n) is 9.75. The number of aryl methyl sites for hydroxylation is 1. The first-order chi connectivity index (χ1) is 18.1. The van der Waals surface area contributed by atoms with Crippen LogP contribution in [0.1, 0.15) is 34.3 Å². The van der Waals surface area contributed by atoms with Crippen LogP contribution in [0.25, 0.3) is 0 Å². The Bertz CT molecular complexity index is 1130. The summed E-state index contributed by atoms with van der Waals surface area (Å²) < 4.78 is 0. The summed E-state index contributed by atoms with van der Waals surface area (Å²) in [5.41, 5.74) is 4.18. The third kappa shape index (κ3) is 8.19. The van der Waals surface area contributed by atoms with E-state index in [-0.39, 0.29) is 11.8 Å². The van der Waals surface area contributed by atoms with Crippen LogP contribution in [-0.4, -0.2) is 62.0 Å². The second-order valence-corrected chi connectivity index (χ2v) is 9.75. The van der Waals surface area contributed by atoms with Gasteiger partial charge in [0.05, 0.1) is 0 Å². The summed E-state index contributed by atoms with van der Waals surface area (Å²) >= 11 is 0. The highest BCUT2D eigenvalue weighted by Crippen LogP contribution is 2.18. The van der Waals surface area contributed by atoms with Gasteiger partial charge in [0.2, 0.25) is 5.91 Å². The summed E-state index contributed by atoms with van der Waals surface area (Å²) in [6.07, 6.45) is 2.40. The van der Waals surface area contributed by atoms with Crippen LogP contribution in [-0.2, 0) is 11.2 Å². The maximum atomic E-state index is 13.0. The Balaban J connectivity index is 1.20. The Kier molecular flexibility index (Phi) is 9.72. The van der Waals surface area contributed by atoms with Gasteiger partial charge in [-0.05, 0) is 61.7 Å². The van der Waals surface area contributed by atoms with Crippen molar-refractivity contribution in [1.29, 1.82) is 0 Å². The van der Waals surface area contributed by atoms with Crippen LogP contribution >= 0.6 is 0 Å². The summed E-state index contributed by atoms with van der Waals surface area (Å²) in [5.74, 6) is -0.374. The van der Waals surface area contributed by atoms with Crippen LogP contribution in [0.2, 0.25) is 0 Å². The minimum atomic E-state index is -0.621. The lowest BCUT2D eigenvalue weighted by Gasteiger charge is -2.36. The Labute approximate surface area is 220 Å².